The Morgan fingerprint density at radius 2 is 1.95 bits per heavy atom. The van der Waals surface area contributed by atoms with Crippen LogP contribution in [-0.2, 0) is 4.79 Å². The maximum Gasteiger partial charge on any atom is 0.284 e. The molecule has 0 fully saturated rings. The van der Waals surface area contributed by atoms with Crippen molar-refractivity contribution in [3.8, 4) is 0 Å². The van der Waals surface area contributed by atoms with Crippen molar-refractivity contribution in [3.63, 3.8) is 0 Å². The van der Waals surface area contributed by atoms with Gasteiger partial charge in [0, 0.05) is 17.2 Å². The van der Waals surface area contributed by atoms with E-state index in [0.717, 1.165) is 6.07 Å². The molecule has 0 radical (unpaired) electrons. The summed E-state index contributed by atoms with van der Waals surface area (Å²) in [5.74, 6) is -0.878. The number of nitrogens with zero attached hydrogens (tertiary/aromatic N) is 1. The molecule has 7 nitrogen and oxygen atoms in total. The predicted molar refractivity (Wildman–Crippen MR) is 81.0 cm³/mol. The molecule has 0 aliphatic heterocycles. The average molecular weight is 358 g/mol. The third-order valence-electron chi connectivity index (χ3n) is 2.33. The average Bonchev–Trinajstić information content (AvgIpc) is 2.34. The van der Waals surface area contributed by atoms with Crippen LogP contribution in [0.5, 0.6) is 0 Å². The highest BCUT2D eigenvalue weighted by atomic mass is 79.9. The van der Waals surface area contributed by atoms with Gasteiger partial charge < -0.3 is 10.6 Å². The van der Waals surface area contributed by atoms with Gasteiger partial charge in [-0.15, -0.1) is 0 Å². The lowest BCUT2D eigenvalue weighted by atomic mass is 10.1. The molecule has 2 amide bonds. The third-order valence-corrected chi connectivity index (χ3v) is 3.00. The number of amides is 2. The molecule has 21 heavy (non-hydrogen) atoms. The third kappa shape index (κ3) is 5.50. The first-order valence-electron chi connectivity index (χ1n) is 6.13. The van der Waals surface area contributed by atoms with Crippen LogP contribution in [0, 0.1) is 10.1 Å². The first-order chi connectivity index (χ1) is 9.60. The fourth-order valence-electron chi connectivity index (χ4n) is 1.52. The molecule has 1 aromatic carbocycles. The number of carbonyl (C=O) groups excluding carboxylic acids is 2. The van der Waals surface area contributed by atoms with E-state index in [1.54, 1.807) is 0 Å². The number of nitrogens with one attached hydrogen (secondary N) is 2. The van der Waals surface area contributed by atoms with Crippen molar-refractivity contribution in [3.05, 3.63) is 38.3 Å². The van der Waals surface area contributed by atoms with Gasteiger partial charge >= 0.3 is 0 Å². The minimum atomic E-state index is -0.590. The van der Waals surface area contributed by atoms with Crippen molar-refractivity contribution in [2.45, 2.75) is 26.3 Å². The quantitative estimate of drug-likeness (QED) is 0.635. The van der Waals surface area contributed by atoms with Crippen LogP contribution in [-0.4, -0.2) is 28.8 Å². The maximum absolute atomic E-state index is 11.9. The van der Waals surface area contributed by atoms with E-state index in [1.165, 1.54) is 12.1 Å². The van der Waals surface area contributed by atoms with Crippen LogP contribution in [0.2, 0.25) is 0 Å². The summed E-state index contributed by atoms with van der Waals surface area (Å²) < 4.78 is 0.287. The summed E-state index contributed by atoms with van der Waals surface area (Å²) in [6, 6.07) is 4.01. The number of rotatable bonds is 4. The second-order valence-corrected chi connectivity index (χ2v) is 6.26. The topological polar surface area (TPSA) is 101 Å². The molecule has 0 atom stereocenters. The Balaban J connectivity index is 2.71. The Morgan fingerprint density at radius 1 is 1.33 bits per heavy atom. The number of hydrogen-bond donors (Lipinski definition) is 2. The van der Waals surface area contributed by atoms with Gasteiger partial charge in [0.15, 0.2) is 0 Å². The first-order valence-corrected chi connectivity index (χ1v) is 6.92. The Bertz CT molecular complexity index is 581. The Kier molecular flexibility index (Phi) is 5.42. The molecule has 0 saturated heterocycles. The summed E-state index contributed by atoms with van der Waals surface area (Å²) in [6.45, 7) is 5.28. The molecule has 0 heterocycles. The highest BCUT2D eigenvalue weighted by Crippen LogP contribution is 2.25. The van der Waals surface area contributed by atoms with E-state index in [0.29, 0.717) is 0 Å². The summed E-state index contributed by atoms with van der Waals surface area (Å²) in [5, 5.41) is 15.9. The van der Waals surface area contributed by atoms with Crippen LogP contribution in [0.4, 0.5) is 5.69 Å². The van der Waals surface area contributed by atoms with E-state index < -0.39 is 16.4 Å². The van der Waals surface area contributed by atoms with Gasteiger partial charge in [0.1, 0.15) is 0 Å². The lowest BCUT2D eigenvalue weighted by molar-refractivity contribution is -0.385. The second kappa shape index (κ2) is 6.66. The molecule has 1 rings (SSSR count). The molecule has 0 aliphatic rings. The van der Waals surface area contributed by atoms with Gasteiger partial charge in [-0.1, -0.05) is 0 Å². The minimum Gasteiger partial charge on any atom is -0.350 e. The molecular formula is C13H16BrN3O4. The highest BCUT2D eigenvalue weighted by Gasteiger charge is 2.17. The number of hydrogen-bond acceptors (Lipinski definition) is 4. The van der Waals surface area contributed by atoms with Gasteiger partial charge in [0.25, 0.3) is 11.6 Å². The highest BCUT2D eigenvalue weighted by molar-refractivity contribution is 9.10. The maximum atomic E-state index is 11.9. The zero-order chi connectivity index (χ0) is 16.2. The van der Waals surface area contributed by atoms with Crippen LogP contribution in [0.3, 0.4) is 0 Å². The molecule has 0 spiro atoms. The van der Waals surface area contributed by atoms with Crippen molar-refractivity contribution in [1.29, 1.82) is 0 Å². The number of benzene rings is 1. The SMILES string of the molecule is CC(C)(C)NC(=O)CNC(=O)c1ccc(Br)c([N+](=O)[O-])c1. The molecule has 1 aromatic rings. The monoisotopic (exact) mass is 357 g/mol. The lowest BCUT2D eigenvalue weighted by Gasteiger charge is -2.20. The zero-order valence-electron chi connectivity index (χ0n) is 11.9. The number of nitro benzene ring substituents is 1. The standard InChI is InChI=1S/C13H16BrN3O4/c1-13(2,3)16-11(18)7-15-12(19)8-4-5-9(14)10(6-8)17(20)21/h4-6H,7H2,1-3H3,(H,15,19)(H,16,18). The molecule has 0 unspecified atom stereocenters. The van der Waals surface area contributed by atoms with Gasteiger partial charge in [-0.3, -0.25) is 19.7 Å². The van der Waals surface area contributed by atoms with Crippen molar-refractivity contribution < 1.29 is 14.5 Å². The van der Waals surface area contributed by atoms with Crippen molar-refractivity contribution in [2.75, 3.05) is 6.54 Å². The first kappa shape index (κ1) is 17.1. The Hall–Kier alpha value is -1.96. The van der Waals surface area contributed by atoms with Gasteiger partial charge in [-0.05, 0) is 48.8 Å². The molecule has 2 N–H and O–H groups in total. The smallest absolute Gasteiger partial charge is 0.284 e. The molecule has 0 aliphatic carbocycles. The molecule has 0 aromatic heterocycles. The lowest BCUT2D eigenvalue weighted by Crippen LogP contribution is -2.45. The fourth-order valence-corrected chi connectivity index (χ4v) is 1.91. The van der Waals surface area contributed by atoms with E-state index in [-0.39, 0.29) is 28.2 Å². The van der Waals surface area contributed by atoms with E-state index in [1.807, 2.05) is 20.8 Å². The van der Waals surface area contributed by atoms with Gasteiger partial charge in [-0.25, -0.2) is 0 Å². The van der Waals surface area contributed by atoms with E-state index >= 15 is 0 Å². The van der Waals surface area contributed by atoms with Gasteiger partial charge in [-0.2, -0.15) is 0 Å². The van der Waals surface area contributed by atoms with Crippen LogP contribution >= 0.6 is 15.9 Å². The molecule has 0 saturated carbocycles. The molecule has 114 valence electrons. The number of carbonyl (C=O) groups is 2. The van der Waals surface area contributed by atoms with Crippen molar-refractivity contribution in [2.24, 2.45) is 0 Å². The minimum absolute atomic E-state index is 0.119. The van der Waals surface area contributed by atoms with E-state index in [2.05, 4.69) is 26.6 Å². The van der Waals surface area contributed by atoms with Crippen LogP contribution in [0.25, 0.3) is 0 Å². The predicted octanol–water partition coefficient (Wildman–Crippen LogP) is 2.00. The van der Waals surface area contributed by atoms with Crippen molar-refractivity contribution >= 4 is 33.4 Å². The molecule has 8 heteroatoms. The summed E-state index contributed by atoms with van der Waals surface area (Å²) in [7, 11) is 0. The molecular weight excluding hydrogens is 342 g/mol. The number of halogens is 1. The second-order valence-electron chi connectivity index (χ2n) is 5.40. The van der Waals surface area contributed by atoms with Crippen LogP contribution < -0.4 is 10.6 Å². The Labute approximate surface area is 130 Å². The van der Waals surface area contributed by atoms with E-state index in [9.17, 15) is 19.7 Å². The largest absolute Gasteiger partial charge is 0.350 e. The molecule has 0 bridgehead atoms. The summed E-state index contributed by atoms with van der Waals surface area (Å²) in [5.41, 5.74) is -0.478. The van der Waals surface area contributed by atoms with Crippen LogP contribution in [0.15, 0.2) is 22.7 Å². The zero-order valence-corrected chi connectivity index (χ0v) is 13.5. The summed E-state index contributed by atoms with van der Waals surface area (Å²) >= 11 is 3.04. The summed E-state index contributed by atoms with van der Waals surface area (Å²) in [6.07, 6.45) is 0. The normalized spacial score (nSPS) is 10.9. The summed E-state index contributed by atoms with van der Waals surface area (Å²) in [4.78, 5) is 33.7. The number of nitro groups is 1. The van der Waals surface area contributed by atoms with Crippen molar-refractivity contribution in [1.82, 2.24) is 10.6 Å². The Morgan fingerprint density at radius 3 is 2.48 bits per heavy atom. The van der Waals surface area contributed by atoms with Gasteiger partial charge in [0.05, 0.1) is 15.9 Å². The van der Waals surface area contributed by atoms with Crippen LogP contribution in [0.1, 0.15) is 31.1 Å². The fraction of sp³-hybridized carbons (Fsp3) is 0.385. The van der Waals surface area contributed by atoms with E-state index in [4.69, 9.17) is 0 Å². The van der Waals surface area contributed by atoms with Gasteiger partial charge in [0.2, 0.25) is 5.91 Å².